The van der Waals surface area contributed by atoms with E-state index in [0.29, 0.717) is 39.7 Å². The van der Waals surface area contributed by atoms with Crippen molar-refractivity contribution in [3.05, 3.63) is 71.3 Å². The molecule has 0 bridgehead atoms. The quantitative estimate of drug-likeness (QED) is 0.359. The topological polar surface area (TPSA) is 95.7 Å². The van der Waals surface area contributed by atoms with Gasteiger partial charge in [0.05, 0.1) is 27.9 Å². The highest BCUT2D eigenvalue weighted by molar-refractivity contribution is 6.28. The van der Waals surface area contributed by atoms with Gasteiger partial charge in [0.1, 0.15) is 5.52 Å². The molecule has 1 atom stereocenters. The Balaban J connectivity index is 1.56. The number of carboxylic acid groups (broad SMARTS) is 1. The molecule has 1 aliphatic heterocycles. The van der Waals surface area contributed by atoms with Crippen LogP contribution in [0.1, 0.15) is 46.0 Å². The number of anilines is 3. The van der Waals surface area contributed by atoms with E-state index in [2.05, 4.69) is 22.3 Å². The Labute approximate surface area is 196 Å². The van der Waals surface area contributed by atoms with Gasteiger partial charge in [-0.15, -0.1) is 0 Å². The van der Waals surface area contributed by atoms with Crippen LogP contribution in [0.3, 0.4) is 0 Å². The van der Waals surface area contributed by atoms with Crippen molar-refractivity contribution in [2.24, 2.45) is 5.92 Å². The highest BCUT2D eigenvalue weighted by Gasteiger charge is 2.34. The van der Waals surface area contributed by atoms with E-state index in [9.17, 15) is 14.7 Å². The molecule has 7 heteroatoms. The predicted octanol–water partition coefficient (Wildman–Crippen LogP) is 5.72. The molecular formula is C27H23N3O4. The first-order chi connectivity index (χ1) is 16.5. The molecule has 2 heterocycles. The monoisotopic (exact) mass is 453 g/mol. The van der Waals surface area contributed by atoms with Gasteiger partial charge >= 0.3 is 5.97 Å². The van der Waals surface area contributed by atoms with Crippen LogP contribution < -0.4 is 10.2 Å². The van der Waals surface area contributed by atoms with Crippen molar-refractivity contribution in [3.8, 4) is 11.3 Å². The summed E-state index contributed by atoms with van der Waals surface area (Å²) in [6, 6.07) is 15.9. The van der Waals surface area contributed by atoms with E-state index in [4.69, 9.17) is 4.52 Å². The van der Waals surface area contributed by atoms with Gasteiger partial charge in [0, 0.05) is 29.9 Å². The van der Waals surface area contributed by atoms with Crippen LogP contribution in [0.4, 0.5) is 17.1 Å². The van der Waals surface area contributed by atoms with Gasteiger partial charge in [-0.1, -0.05) is 36.3 Å². The van der Waals surface area contributed by atoms with Gasteiger partial charge in [-0.05, 0) is 49.1 Å². The fraction of sp³-hybridized carbons (Fsp3) is 0.222. The van der Waals surface area contributed by atoms with Crippen LogP contribution in [0, 0.1) is 5.92 Å². The SMILES string of the molecule is CC1CCCN(c2cc(Nc3ccc(C(=O)O)cc3)c3c4c(onc24)-c2ccccc2C3=O)C1. The van der Waals surface area contributed by atoms with Crippen molar-refractivity contribution in [1.29, 1.82) is 0 Å². The van der Waals surface area contributed by atoms with E-state index in [1.807, 2.05) is 24.3 Å². The molecule has 0 spiro atoms. The summed E-state index contributed by atoms with van der Waals surface area (Å²) >= 11 is 0. The van der Waals surface area contributed by atoms with E-state index >= 15 is 0 Å². The number of piperidine rings is 1. The average Bonchev–Trinajstić information content (AvgIpc) is 3.28. The lowest BCUT2D eigenvalue weighted by Crippen LogP contribution is -2.34. The smallest absolute Gasteiger partial charge is 0.335 e. The lowest BCUT2D eigenvalue weighted by molar-refractivity contribution is 0.0696. The third-order valence-electron chi connectivity index (χ3n) is 6.79. The summed E-state index contributed by atoms with van der Waals surface area (Å²) < 4.78 is 5.85. The number of fused-ring (bicyclic) bond motifs is 2. The molecule has 6 rings (SSSR count). The van der Waals surface area contributed by atoms with Gasteiger partial charge in [-0.2, -0.15) is 0 Å². The first-order valence-electron chi connectivity index (χ1n) is 11.5. The van der Waals surface area contributed by atoms with Crippen LogP contribution in [0.5, 0.6) is 0 Å². The zero-order valence-electron chi connectivity index (χ0n) is 18.7. The second-order valence-corrected chi connectivity index (χ2v) is 9.13. The molecule has 170 valence electrons. The van der Waals surface area contributed by atoms with Gasteiger partial charge < -0.3 is 19.8 Å². The summed E-state index contributed by atoms with van der Waals surface area (Å²) in [7, 11) is 0. The second kappa shape index (κ2) is 7.73. The van der Waals surface area contributed by atoms with Crippen molar-refractivity contribution in [2.45, 2.75) is 19.8 Å². The molecule has 0 radical (unpaired) electrons. The summed E-state index contributed by atoms with van der Waals surface area (Å²) in [6.07, 6.45) is 2.28. The Bertz CT molecular complexity index is 1460. The standard InChI is InChI=1S/C27H23N3O4/c1-15-5-4-12-30(14-15)21-13-20(28-17-10-8-16(9-11-17)27(32)33)22-23-24(21)29-34-26(23)19-7-3-2-6-18(19)25(22)31/h2-3,6-11,13,15,28H,4-5,12,14H2,1H3,(H,32,33). The summed E-state index contributed by atoms with van der Waals surface area (Å²) in [4.78, 5) is 27.3. The van der Waals surface area contributed by atoms with Crippen LogP contribution >= 0.6 is 0 Å². The number of benzene rings is 3. The minimum Gasteiger partial charge on any atom is -0.478 e. The molecule has 3 aromatic carbocycles. The normalized spacial score (nSPS) is 17.0. The highest BCUT2D eigenvalue weighted by Crippen LogP contribution is 2.46. The number of carboxylic acids is 1. The van der Waals surface area contributed by atoms with Crippen molar-refractivity contribution in [1.82, 2.24) is 5.16 Å². The first kappa shape index (κ1) is 20.5. The molecule has 4 aromatic rings. The number of hydrogen-bond acceptors (Lipinski definition) is 6. The summed E-state index contributed by atoms with van der Waals surface area (Å²) in [5.74, 6) is 0.103. The van der Waals surface area contributed by atoms with Crippen LogP contribution in [-0.4, -0.2) is 35.1 Å². The zero-order valence-corrected chi connectivity index (χ0v) is 18.7. The third kappa shape index (κ3) is 3.15. The molecule has 1 fully saturated rings. The molecular weight excluding hydrogens is 430 g/mol. The molecule has 0 saturated carbocycles. The maximum Gasteiger partial charge on any atom is 0.335 e. The number of nitrogens with zero attached hydrogens (tertiary/aromatic N) is 2. The Morgan fingerprint density at radius 1 is 1.15 bits per heavy atom. The number of hydrogen-bond donors (Lipinski definition) is 2. The fourth-order valence-corrected chi connectivity index (χ4v) is 5.14. The van der Waals surface area contributed by atoms with E-state index in [1.165, 1.54) is 6.42 Å². The zero-order chi connectivity index (χ0) is 23.4. The minimum absolute atomic E-state index is 0.0838. The van der Waals surface area contributed by atoms with Gasteiger partial charge in [-0.3, -0.25) is 4.79 Å². The average molecular weight is 453 g/mol. The number of nitrogens with one attached hydrogen (secondary N) is 1. The molecule has 34 heavy (non-hydrogen) atoms. The number of aromatic carboxylic acids is 1. The second-order valence-electron chi connectivity index (χ2n) is 9.13. The van der Waals surface area contributed by atoms with E-state index in [-0.39, 0.29) is 11.3 Å². The maximum atomic E-state index is 13.7. The van der Waals surface area contributed by atoms with Gasteiger partial charge in [0.2, 0.25) is 0 Å². The van der Waals surface area contributed by atoms with Crippen LogP contribution in [0.2, 0.25) is 0 Å². The number of ketones is 1. The number of carbonyl (C=O) groups excluding carboxylic acids is 1. The van der Waals surface area contributed by atoms with Crippen LogP contribution in [-0.2, 0) is 0 Å². The molecule has 2 aliphatic rings. The first-order valence-corrected chi connectivity index (χ1v) is 11.5. The predicted molar refractivity (Wildman–Crippen MR) is 130 cm³/mol. The van der Waals surface area contributed by atoms with E-state index < -0.39 is 5.97 Å². The van der Waals surface area contributed by atoms with Crippen LogP contribution in [0.15, 0.2) is 59.1 Å². The molecule has 1 saturated heterocycles. The Kier molecular flexibility index (Phi) is 4.65. The minimum atomic E-state index is -0.981. The van der Waals surface area contributed by atoms with Crippen molar-refractivity contribution in [2.75, 3.05) is 23.3 Å². The van der Waals surface area contributed by atoms with E-state index in [0.717, 1.165) is 36.1 Å². The molecule has 1 unspecified atom stereocenters. The van der Waals surface area contributed by atoms with Gasteiger partial charge in [0.25, 0.3) is 0 Å². The fourth-order valence-electron chi connectivity index (χ4n) is 5.14. The molecule has 1 aliphatic carbocycles. The van der Waals surface area contributed by atoms with Crippen molar-refractivity contribution < 1.29 is 19.2 Å². The third-order valence-corrected chi connectivity index (χ3v) is 6.79. The summed E-state index contributed by atoms with van der Waals surface area (Å²) in [5.41, 5.74) is 5.07. The van der Waals surface area contributed by atoms with Crippen LogP contribution in [0.25, 0.3) is 22.2 Å². The Morgan fingerprint density at radius 2 is 1.91 bits per heavy atom. The molecule has 2 N–H and O–H groups in total. The van der Waals surface area contributed by atoms with Gasteiger partial charge in [0.15, 0.2) is 11.5 Å². The van der Waals surface area contributed by atoms with Gasteiger partial charge in [-0.25, -0.2) is 4.79 Å². The van der Waals surface area contributed by atoms with Crippen molar-refractivity contribution in [3.63, 3.8) is 0 Å². The summed E-state index contributed by atoms with van der Waals surface area (Å²) in [6.45, 7) is 4.07. The number of rotatable bonds is 4. The van der Waals surface area contributed by atoms with E-state index in [1.54, 1.807) is 30.3 Å². The lowest BCUT2D eigenvalue weighted by Gasteiger charge is -2.33. The largest absolute Gasteiger partial charge is 0.478 e. The maximum absolute atomic E-state index is 13.7. The van der Waals surface area contributed by atoms with Crippen molar-refractivity contribution >= 4 is 39.7 Å². The lowest BCUT2D eigenvalue weighted by atomic mass is 9.86. The number of aromatic nitrogens is 1. The molecule has 0 amide bonds. The number of carbonyl (C=O) groups is 2. The molecule has 1 aromatic heterocycles. The Morgan fingerprint density at radius 3 is 2.65 bits per heavy atom. The molecule has 7 nitrogen and oxygen atoms in total. The summed E-state index contributed by atoms with van der Waals surface area (Å²) in [5, 5.41) is 17.8. The highest BCUT2D eigenvalue weighted by atomic mass is 16.5. The Hall–Kier alpha value is -4.13.